The molecule has 2 aromatic carbocycles. The molecule has 1 heterocycles. The maximum Gasteiger partial charge on any atom is 0.416 e. The number of aliphatic hydroxyl groups excluding tert-OH is 1. The van der Waals surface area contributed by atoms with E-state index in [0.29, 0.717) is 25.8 Å². The molecule has 168 valence electrons. The fourth-order valence-corrected chi connectivity index (χ4v) is 3.38. The van der Waals surface area contributed by atoms with Crippen molar-refractivity contribution < 1.29 is 27.8 Å². The van der Waals surface area contributed by atoms with Crippen LogP contribution in [0.2, 0.25) is 0 Å². The number of aliphatic imine (C=N–C) groups is 1. The molecule has 31 heavy (non-hydrogen) atoms. The van der Waals surface area contributed by atoms with Crippen LogP contribution in [0.4, 0.5) is 13.2 Å². The number of hydrogen-bond donors (Lipinski definition) is 2. The van der Waals surface area contributed by atoms with E-state index in [2.05, 4.69) is 10.3 Å². The Kier molecular flexibility index (Phi) is 7.56. The normalized spacial score (nSPS) is 17.3. The van der Waals surface area contributed by atoms with Gasteiger partial charge in [-0.15, -0.1) is 0 Å². The molecule has 0 saturated heterocycles. The Morgan fingerprint density at radius 1 is 1.16 bits per heavy atom. The van der Waals surface area contributed by atoms with Crippen molar-refractivity contribution in [1.82, 2.24) is 5.32 Å². The number of hydrogen-bond acceptors (Lipinski definition) is 5. The van der Waals surface area contributed by atoms with Gasteiger partial charge < -0.3 is 14.6 Å². The van der Waals surface area contributed by atoms with Gasteiger partial charge in [0.25, 0.3) is 0 Å². The van der Waals surface area contributed by atoms with Gasteiger partial charge in [0.1, 0.15) is 29.9 Å². The predicted octanol–water partition coefficient (Wildman–Crippen LogP) is 4.54. The Morgan fingerprint density at radius 3 is 2.58 bits per heavy atom. The number of nitrogens with one attached hydrogen (secondary N) is 1. The zero-order valence-electron chi connectivity index (χ0n) is 17.5. The van der Waals surface area contributed by atoms with Gasteiger partial charge in [0, 0.05) is 12.8 Å². The van der Waals surface area contributed by atoms with E-state index in [4.69, 9.17) is 9.47 Å². The number of ether oxygens (including phenoxy) is 2. The lowest BCUT2D eigenvalue weighted by Crippen LogP contribution is -2.43. The van der Waals surface area contributed by atoms with Crippen LogP contribution < -0.4 is 14.8 Å². The predicted molar refractivity (Wildman–Crippen MR) is 113 cm³/mol. The van der Waals surface area contributed by atoms with E-state index in [1.165, 1.54) is 18.3 Å². The molecule has 2 aromatic rings. The van der Waals surface area contributed by atoms with Crippen LogP contribution in [0.3, 0.4) is 0 Å². The molecule has 1 aliphatic rings. The number of nitrogens with zero attached hydrogens (tertiary/aromatic N) is 1. The molecule has 3 rings (SSSR count). The summed E-state index contributed by atoms with van der Waals surface area (Å²) in [5.41, 5.74) is 0.395. The van der Waals surface area contributed by atoms with Crippen molar-refractivity contribution in [3.05, 3.63) is 59.2 Å². The molecule has 0 fully saturated rings. The number of alkyl halides is 3. The first kappa shape index (κ1) is 23.1. The van der Waals surface area contributed by atoms with Crippen molar-refractivity contribution in [2.24, 2.45) is 4.99 Å². The van der Waals surface area contributed by atoms with Crippen LogP contribution in [0, 0.1) is 0 Å². The molecular formula is C23H27F3N2O3. The SMILES string of the molecule is CCCC(Oc1ccc(C2C=N2)c(C(F)(F)F)c1)C(O)NCCc1cccc(OC)c1. The van der Waals surface area contributed by atoms with Gasteiger partial charge in [-0.05, 0) is 48.2 Å². The molecule has 3 atom stereocenters. The summed E-state index contributed by atoms with van der Waals surface area (Å²) in [6.45, 7) is 2.40. The first-order chi connectivity index (χ1) is 14.8. The lowest BCUT2D eigenvalue weighted by Gasteiger charge is -2.25. The van der Waals surface area contributed by atoms with Gasteiger partial charge in [-0.1, -0.05) is 31.5 Å². The van der Waals surface area contributed by atoms with Crippen LogP contribution in [0.15, 0.2) is 47.5 Å². The Labute approximate surface area is 179 Å². The van der Waals surface area contributed by atoms with Crippen LogP contribution in [-0.4, -0.2) is 37.3 Å². The van der Waals surface area contributed by atoms with Crippen molar-refractivity contribution in [2.45, 2.75) is 50.7 Å². The molecule has 8 heteroatoms. The number of rotatable bonds is 11. The summed E-state index contributed by atoms with van der Waals surface area (Å²) >= 11 is 0. The minimum absolute atomic E-state index is 0.0730. The maximum atomic E-state index is 13.5. The molecular weight excluding hydrogens is 409 g/mol. The van der Waals surface area contributed by atoms with E-state index in [1.807, 2.05) is 31.2 Å². The average molecular weight is 436 g/mol. The van der Waals surface area contributed by atoms with Gasteiger partial charge in [-0.25, -0.2) is 0 Å². The topological polar surface area (TPSA) is 63.1 Å². The fraction of sp³-hybridized carbons (Fsp3) is 0.435. The average Bonchev–Trinajstić information content (AvgIpc) is 3.58. The van der Waals surface area contributed by atoms with Crippen LogP contribution in [0.1, 0.15) is 42.5 Å². The summed E-state index contributed by atoms with van der Waals surface area (Å²) in [5, 5.41) is 13.6. The monoisotopic (exact) mass is 436 g/mol. The van der Waals surface area contributed by atoms with E-state index >= 15 is 0 Å². The second-order valence-electron chi connectivity index (χ2n) is 7.44. The highest BCUT2D eigenvalue weighted by Crippen LogP contribution is 2.40. The maximum absolute atomic E-state index is 13.5. The summed E-state index contributed by atoms with van der Waals surface area (Å²) in [5.74, 6) is 0.828. The standard InChI is InChI=1S/C23H27F3N2O3/c1-3-5-21(22(29)27-11-10-15-6-4-7-16(12-15)30-2)31-17-8-9-18(20-14-28-20)19(13-17)23(24,25)26/h4,6-9,12-14,20-22,27,29H,3,5,10-11H2,1-2H3. The second kappa shape index (κ2) is 10.2. The largest absolute Gasteiger partial charge is 0.497 e. The summed E-state index contributed by atoms with van der Waals surface area (Å²) in [7, 11) is 1.60. The summed E-state index contributed by atoms with van der Waals surface area (Å²) < 4.78 is 51.4. The minimum Gasteiger partial charge on any atom is -0.497 e. The van der Waals surface area contributed by atoms with Gasteiger partial charge in [-0.2, -0.15) is 13.2 Å². The third-order valence-electron chi connectivity index (χ3n) is 5.06. The van der Waals surface area contributed by atoms with E-state index in [9.17, 15) is 18.3 Å². The number of benzene rings is 2. The van der Waals surface area contributed by atoms with E-state index in [0.717, 1.165) is 17.4 Å². The zero-order valence-corrected chi connectivity index (χ0v) is 17.5. The van der Waals surface area contributed by atoms with Crippen LogP contribution >= 0.6 is 0 Å². The van der Waals surface area contributed by atoms with Gasteiger partial charge >= 0.3 is 6.18 Å². The summed E-state index contributed by atoms with van der Waals surface area (Å²) in [4.78, 5) is 3.84. The fourth-order valence-electron chi connectivity index (χ4n) is 3.38. The van der Waals surface area contributed by atoms with Crippen molar-refractivity contribution in [3.63, 3.8) is 0 Å². The third kappa shape index (κ3) is 6.45. The smallest absolute Gasteiger partial charge is 0.416 e. The number of aliphatic hydroxyl groups is 1. The van der Waals surface area contributed by atoms with Crippen LogP contribution in [0.25, 0.3) is 0 Å². The first-order valence-corrected chi connectivity index (χ1v) is 10.3. The van der Waals surface area contributed by atoms with Crippen molar-refractivity contribution >= 4 is 6.21 Å². The second-order valence-corrected chi connectivity index (χ2v) is 7.44. The molecule has 0 spiro atoms. The number of methoxy groups -OCH3 is 1. The Hall–Kier alpha value is -2.58. The molecule has 0 aliphatic carbocycles. The Balaban J connectivity index is 1.63. The lowest BCUT2D eigenvalue weighted by molar-refractivity contribution is -0.138. The molecule has 0 bridgehead atoms. The van der Waals surface area contributed by atoms with E-state index < -0.39 is 30.1 Å². The van der Waals surface area contributed by atoms with E-state index in [1.54, 1.807) is 7.11 Å². The van der Waals surface area contributed by atoms with Gasteiger partial charge in [0.2, 0.25) is 0 Å². The van der Waals surface area contributed by atoms with E-state index in [-0.39, 0.29) is 11.3 Å². The van der Waals surface area contributed by atoms with Crippen molar-refractivity contribution in [2.75, 3.05) is 13.7 Å². The Bertz CT molecular complexity index is 896. The highest BCUT2D eigenvalue weighted by atomic mass is 19.4. The summed E-state index contributed by atoms with van der Waals surface area (Å²) in [6.07, 6.45) is -2.89. The molecule has 1 aliphatic heterocycles. The Morgan fingerprint density at radius 2 is 1.94 bits per heavy atom. The molecule has 5 nitrogen and oxygen atoms in total. The molecule has 0 amide bonds. The van der Waals surface area contributed by atoms with Crippen LogP contribution in [-0.2, 0) is 12.6 Å². The van der Waals surface area contributed by atoms with Crippen molar-refractivity contribution in [1.29, 1.82) is 0 Å². The molecule has 3 unspecified atom stereocenters. The first-order valence-electron chi connectivity index (χ1n) is 10.3. The molecule has 0 aromatic heterocycles. The zero-order chi connectivity index (χ0) is 22.4. The highest BCUT2D eigenvalue weighted by molar-refractivity contribution is 5.80. The summed E-state index contributed by atoms with van der Waals surface area (Å²) in [6, 6.07) is 11.0. The highest BCUT2D eigenvalue weighted by Gasteiger charge is 2.37. The van der Waals surface area contributed by atoms with Crippen LogP contribution in [0.5, 0.6) is 11.5 Å². The molecule has 0 radical (unpaired) electrons. The van der Waals surface area contributed by atoms with Gasteiger partial charge in [-0.3, -0.25) is 10.3 Å². The minimum atomic E-state index is -4.51. The third-order valence-corrected chi connectivity index (χ3v) is 5.06. The molecule has 0 saturated carbocycles. The number of halogens is 3. The van der Waals surface area contributed by atoms with Gasteiger partial charge in [0.05, 0.1) is 12.7 Å². The lowest BCUT2D eigenvalue weighted by atomic mass is 10.0. The van der Waals surface area contributed by atoms with Crippen molar-refractivity contribution in [3.8, 4) is 11.5 Å². The quantitative estimate of drug-likeness (QED) is 0.508. The van der Waals surface area contributed by atoms with Gasteiger partial charge in [0.15, 0.2) is 0 Å². The molecule has 2 N–H and O–H groups in total.